The first-order valence-corrected chi connectivity index (χ1v) is 10.3. The zero-order valence-corrected chi connectivity index (χ0v) is 17.7. The molecule has 3 aromatic rings. The highest BCUT2D eigenvalue weighted by molar-refractivity contribution is 7.10. The molecule has 1 amide bonds. The number of amides is 1. The van der Waals surface area contributed by atoms with E-state index < -0.39 is 0 Å². The summed E-state index contributed by atoms with van der Waals surface area (Å²) in [5, 5.41) is 6.31. The van der Waals surface area contributed by atoms with Crippen molar-refractivity contribution in [2.75, 3.05) is 20.3 Å². The van der Waals surface area contributed by atoms with Crippen molar-refractivity contribution in [2.45, 2.75) is 6.92 Å². The van der Waals surface area contributed by atoms with Crippen LogP contribution >= 0.6 is 22.9 Å². The number of halogens is 1. The largest absolute Gasteiger partial charge is 0.493 e. The van der Waals surface area contributed by atoms with Gasteiger partial charge in [-0.2, -0.15) is 0 Å². The second-order valence-electron chi connectivity index (χ2n) is 6.06. The van der Waals surface area contributed by atoms with Crippen LogP contribution in [0.15, 0.2) is 47.8 Å². The van der Waals surface area contributed by atoms with Gasteiger partial charge in [0, 0.05) is 22.5 Å². The Balaban J connectivity index is 1.69. The Kier molecular flexibility index (Phi) is 7.27. The summed E-state index contributed by atoms with van der Waals surface area (Å²) in [5.41, 5.74) is 2.88. The van der Waals surface area contributed by atoms with Gasteiger partial charge in [-0.3, -0.25) is 4.79 Å². The minimum atomic E-state index is -0.168. The average molecular weight is 429 g/mol. The molecule has 0 saturated heterocycles. The number of likely N-dealkylation sites (N-methyl/N-ethyl adjacent to an activating group) is 1. The number of rotatable bonds is 8. The molecule has 0 atom stereocenters. The van der Waals surface area contributed by atoms with E-state index >= 15 is 0 Å². The number of nitrogens with zero attached hydrogens (tertiary/aromatic N) is 1. The highest BCUT2D eigenvalue weighted by atomic mass is 35.5. The van der Waals surface area contributed by atoms with Crippen molar-refractivity contribution in [3.8, 4) is 22.8 Å². The standard InChI is InChI=1S/C22H21ClN2O3S/c1-3-24-21(26)13-28-19-10-4-15(12-20(19)27-2)5-11-22-25-18(14-29-22)16-6-8-17(23)9-7-16/h4-12,14H,3,13H2,1-2H3,(H,24,26)/b11-5+. The predicted molar refractivity (Wildman–Crippen MR) is 119 cm³/mol. The molecule has 0 saturated carbocycles. The first-order valence-electron chi connectivity index (χ1n) is 9.06. The van der Waals surface area contributed by atoms with E-state index in [0.717, 1.165) is 21.8 Å². The number of nitrogens with one attached hydrogen (secondary N) is 1. The Morgan fingerprint density at radius 2 is 1.97 bits per heavy atom. The lowest BCUT2D eigenvalue weighted by Crippen LogP contribution is -2.28. The quantitative estimate of drug-likeness (QED) is 0.538. The topological polar surface area (TPSA) is 60.5 Å². The zero-order chi connectivity index (χ0) is 20.6. The van der Waals surface area contributed by atoms with Gasteiger partial charge in [0.15, 0.2) is 18.1 Å². The summed E-state index contributed by atoms with van der Waals surface area (Å²) in [5.74, 6) is 0.923. The van der Waals surface area contributed by atoms with Gasteiger partial charge in [0.25, 0.3) is 5.91 Å². The molecule has 0 aliphatic rings. The van der Waals surface area contributed by atoms with Crippen LogP contribution in [0.1, 0.15) is 17.5 Å². The van der Waals surface area contributed by atoms with Crippen molar-refractivity contribution in [3.05, 3.63) is 63.4 Å². The van der Waals surface area contributed by atoms with Crippen molar-refractivity contribution in [3.63, 3.8) is 0 Å². The van der Waals surface area contributed by atoms with E-state index in [4.69, 9.17) is 21.1 Å². The molecule has 29 heavy (non-hydrogen) atoms. The summed E-state index contributed by atoms with van der Waals surface area (Å²) in [6.07, 6.45) is 3.91. The Morgan fingerprint density at radius 3 is 2.69 bits per heavy atom. The summed E-state index contributed by atoms with van der Waals surface area (Å²) in [7, 11) is 1.57. The molecular weight excluding hydrogens is 408 g/mol. The SMILES string of the molecule is CCNC(=O)COc1ccc(/C=C/c2nc(-c3ccc(Cl)cc3)cs2)cc1OC. The lowest BCUT2D eigenvalue weighted by atomic mass is 10.2. The van der Waals surface area contributed by atoms with Crippen LogP contribution in [-0.4, -0.2) is 31.2 Å². The van der Waals surface area contributed by atoms with Gasteiger partial charge in [-0.05, 0) is 42.8 Å². The fourth-order valence-corrected chi connectivity index (χ4v) is 3.43. The van der Waals surface area contributed by atoms with Crippen LogP contribution in [0, 0.1) is 0 Å². The minimum Gasteiger partial charge on any atom is -0.493 e. The lowest BCUT2D eigenvalue weighted by Gasteiger charge is -2.11. The molecule has 150 valence electrons. The molecule has 1 aromatic heterocycles. The van der Waals surface area contributed by atoms with E-state index in [0.29, 0.717) is 23.1 Å². The molecular formula is C22H21ClN2O3S. The van der Waals surface area contributed by atoms with Gasteiger partial charge < -0.3 is 14.8 Å². The van der Waals surface area contributed by atoms with Gasteiger partial charge in [-0.1, -0.05) is 35.9 Å². The van der Waals surface area contributed by atoms with E-state index in [1.54, 1.807) is 24.5 Å². The Morgan fingerprint density at radius 1 is 1.17 bits per heavy atom. The molecule has 2 aromatic carbocycles. The number of ether oxygens (including phenoxy) is 2. The zero-order valence-electron chi connectivity index (χ0n) is 16.1. The second kappa shape index (κ2) is 10.1. The summed E-state index contributed by atoms with van der Waals surface area (Å²) in [6, 6.07) is 13.2. The van der Waals surface area contributed by atoms with Gasteiger partial charge in [0.05, 0.1) is 12.8 Å². The molecule has 0 unspecified atom stereocenters. The molecule has 0 bridgehead atoms. The van der Waals surface area contributed by atoms with Crippen LogP contribution in [0.5, 0.6) is 11.5 Å². The van der Waals surface area contributed by atoms with E-state index in [9.17, 15) is 4.79 Å². The highest BCUT2D eigenvalue weighted by Crippen LogP contribution is 2.29. The van der Waals surface area contributed by atoms with Gasteiger partial charge >= 0.3 is 0 Å². The molecule has 0 spiro atoms. The first kappa shape index (κ1) is 20.9. The minimum absolute atomic E-state index is 0.0496. The fourth-order valence-electron chi connectivity index (χ4n) is 2.58. The summed E-state index contributed by atoms with van der Waals surface area (Å²) < 4.78 is 10.9. The van der Waals surface area contributed by atoms with Crippen molar-refractivity contribution in [1.82, 2.24) is 10.3 Å². The summed E-state index contributed by atoms with van der Waals surface area (Å²) in [6.45, 7) is 2.38. The van der Waals surface area contributed by atoms with E-state index in [-0.39, 0.29) is 12.5 Å². The number of aromatic nitrogens is 1. The third-order valence-electron chi connectivity index (χ3n) is 4.00. The Bertz CT molecular complexity index is 1000. The summed E-state index contributed by atoms with van der Waals surface area (Å²) >= 11 is 7.50. The molecule has 1 heterocycles. The van der Waals surface area contributed by atoms with Crippen LogP contribution in [-0.2, 0) is 4.79 Å². The van der Waals surface area contributed by atoms with Crippen LogP contribution in [0.3, 0.4) is 0 Å². The van der Waals surface area contributed by atoms with Crippen molar-refractivity contribution < 1.29 is 14.3 Å². The number of thiazole rings is 1. The fraction of sp³-hybridized carbons (Fsp3) is 0.182. The third-order valence-corrected chi connectivity index (χ3v) is 5.06. The average Bonchev–Trinajstić information content (AvgIpc) is 3.20. The maximum absolute atomic E-state index is 11.6. The number of hydrogen-bond acceptors (Lipinski definition) is 5. The van der Waals surface area contributed by atoms with Gasteiger partial charge in [-0.15, -0.1) is 11.3 Å². The number of hydrogen-bond donors (Lipinski definition) is 1. The van der Waals surface area contributed by atoms with Crippen molar-refractivity contribution >= 4 is 41.0 Å². The number of carbonyl (C=O) groups excluding carboxylic acids is 1. The molecule has 7 heteroatoms. The van der Waals surface area contributed by atoms with Gasteiger partial charge in [0.1, 0.15) is 5.01 Å². The van der Waals surface area contributed by atoms with Gasteiger partial charge in [-0.25, -0.2) is 4.98 Å². The normalized spacial score (nSPS) is 10.9. The number of methoxy groups -OCH3 is 1. The van der Waals surface area contributed by atoms with Crippen LogP contribution in [0.2, 0.25) is 5.02 Å². The molecule has 0 fully saturated rings. The maximum atomic E-state index is 11.6. The van der Waals surface area contributed by atoms with E-state index in [2.05, 4.69) is 10.3 Å². The first-order chi connectivity index (χ1) is 14.1. The predicted octanol–water partition coefficient (Wildman–Crippen LogP) is 5.16. The number of carbonyl (C=O) groups is 1. The van der Waals surface area contributed by atoms with Crippen LogP contribution < -0.4 is 14.8 Å². The maximum Gasteiger partial charge on any atom is 0.257 e. The number of benzene rings is 2. The Hall–Kier alpha value is -2.83. The summed E-state index contributed by atoms with van der Waals surface area (Å²) in [4.78, 5) is 16.2. The highest BCUT2D eigenvalue weighted by Gasteiger charge is 2.08. The van der Waals surface area contributed by atoms with E-state index in [1.807, 2.05) is 60.9 Å². The van der Waals surface area contributed by atoms with E-state index in [1.165, 1.54) is 0 Å². The molecule has 5 nitrogen and oxygen atoms in total. The third kappa shape index (κ3) is 5.82. The molecule has 3 rings (SSSR count). The molecule has 1 N–H and O–H groups in total. The van der Waals surface area contributed by atoms with Crippen LogP contribution in [0.25, 0.3) is 23.4 Å². The molecule has 0 aliphatic carbocycles. The smallest absolute Gasteiger partial charge is 0.257 e. The van der Waals surface area contributed by atoms with Crippen molar-refractivity contribution in [1.29, 1.82) is 0 Å². The molecule has 0 aliphatic heterocycles. The monoisotopic (exact) mass is 428 g/mol. The lowest BCUT2D eigenvalue weighted by molar-refractivity contribution is -0.123. The Labute approximate surface area is 179 Å². The van der Waals surface area contributed by atoms with Gasteiger partial charge in [0.2, 0.25) is 0 Å². The van der Waals surface area contributed by atoms with Crippen LogP contribution in [0.4, 0.5) is 0 Å². The second-order valence-corrected chi connectivity index (χ2v) is 7.39. The van der Waals surface area contributed by atoms with Crippen molar-refractivity contribution in [2.24, 2.45) is 0 Å². The molecule has 0 radical (unpaired) electrons.